The van der Waals surface area contributed by atoms with E-state index < -0.39 is 0 Å². The molecule has 0 aliphatic heterocycles. The largest absolute Gasteiger partial charge is 0.294 e. The van der Waals surface area contributed by atoms with Gasteiger partial charge in [0, 0.05) is 10.8 Å². The molecule has 38 heavy (non-hydrogen) atoms. The molecule has 4 bridgehead atoms. The van der Waals surface area contributed by atoms with E-state index in [1.165, 1.54) is 11.1 Å². The summed E-state index contributed by atoms with van der Waals surface area (Å²) in [5, 5.41) is 0. The van der Waals surface area contributed by atoms with Crippen LogP contribution in [0.5, 0.6) is 0 Å². The van der Waals surface area contributed by atoms with Crippen molar-refractivity contribution in [1.29, 1.82) is 0 Å². The number of hydrogen-bond donors (Lipinski definition) is 0. The average molecular weight is 509 g/mol. The van der Waals surface area contributed by atoms with E-state index >= 15 is 0 Å². The smallest absolute Gasteiger partial charge is 0.165 e. The van der Waals surface area contributed by atoms with Gasteiger partial charge in [0.2, 0.25) is 0 Å². The van der Waals surface area contributed by atoms with E-state index in [-0.39, 0.29) is 21.7 Å². The Bertz CT molecular complexity index is 1230. The molecule has 0 radical (unpaired) electrons. The zero-order valence-corrected chi connectivity index (χ0v) is 24.6. The molecule has 4 saturated carbocycles. The van der Waals surface area contributed by atoms with Gasteiger partial charge >= 0.3 is 0 Å². The van der Waals surface area contributed by atoms with Gasteiger partial charge in [0.15, 0.2) is 11.6 Å². The quantitative estimate of drug-likeness (QED) is 0.380. The fraction of sp³-hybridized carbons (Fsp3) is 0.500. The summed E-state index contributed by atoms with van der Waals surface area (Å²) in [7, 11) is 0. The number of rotatable bonds is 2. The Morgan fingerprint density at radius 3 is 1.16 bits per heavy atom. The van der Waals surface area contributed by atoms with Crippen LogP contribution in [0.25, 0.3) is 12.2 Å². The molecular formula is C36H44O2. The van der Waals surface area contributed by atoms with Gasteiger partial charge in [-0.1, -0.05) is 101 Å². The van der Waals surface area contributed by atoms with Crippen molar-refractivity contribution in [2.45, 2.75) is 81.1 Å². The van der Waals surface area contributed by atoms with E-state index in [2.05, 4.69) is 116 Å². The number of benzene rings is 2. The van der Waals surface area contributed by atoms with Crippen LogP contribution in [0.2, 0.25) is 0 Å². The minimum absolute atomic E-state index is 0.112. The van der Waals surface area contributed by atoms with Crippen molar-refractivity contribution in [3.63, 3.8) is 0 Å². The van der Waals surface area contributed by atoms with Crippen LogP contribution in [0.3, 0.4) is 0 Å². The minimum atomic E-state index is -0.145. The lowest BCUT2D eigenvalue weighted by molar-refractivity contribution is -0.126. The van der Waals surface area contributed by atoms with Gasteiger partial charge in [0.05, 0.1) is 0 Å². The first-order valence-corrected chi connectivity index (χ1v) is 14.4. The average Bonchev–Trinajstić information content (AvgIpc) is 3.35. The van der Waals surface area contributed by atoms with E-state index in [9.17, 15) is 9.59 Å². The van der Waals surface area contributed by atoms with E-state index in [1.807, 2.05) is 0 Å². The summed E-state index contributed by atoms with van der Waals surface area (Å²) in [6.45, 7) is 17.5. The molecule has 0 N–H and O–H groups in total. The normalized spacial score (nSPS) is 34.2. The fourth-order valence-electron chi connectivity index (χ4n) is 7.87. The zero-order chi connectivity index (χ0) is 27.7. The van der Waals surface area contributed by atoms with Gasteiger partial charge in [-0.05, 0) is 96.6 Å². The summed E-state index contributed by atoms with van der Waals surface area (Å²) in [5.41, 5.74) is 6.87. The van der Waals surface area contributed by atoms with Gasteiger partial charge in [-0.3, -0.25) is 9.59 Å². The summed E-state index contributed by atoms with van der Waals surface area (Å²) in [5.74, 6) is 1.64. The van der Waals surface area contributed by atoms with Gasteiger partial charge in [-0.15, -0.1) is 0 Å². The predicted molar refractivity (Wildman–Crippen MR) is 158 cm³/mol. The molecule has 2 nitrogen and oxygen atoms in total. The van der Waals surface area contributed by atoms with Crippen molar-refractivity contribution in [2.75, 3.05) is 0 Å². The molecule has 2 aromatic rings. The topological polar surface area (TPSA) is 34.1 Å². The second kappa shape index (κ2) is 8.90. The van der Waals surface area contributed by atoms with E-state index in [0.29, 0.717) is 23.4 Å². The van der Waals surface area contributed by atoms with Gasteiger partial charge < -0.3 is 0 Å². The van der Waals surface area contributed by atoms with E-state index in [0.717, 1.165) is 48.0 Å². The Hall–Kier alpha value is -2.74. The molecule has 0 saturated heterocycles. The summed E-state index contributed by atoms with van der Waals surface area (Å²) in [6.07, 6.45) is 8.67. The number of fused-ring (bicyclic) bond motifs is 4. The summed E-state index contributed by atoms with van der Waals surface area (Å²) in [6, 6.07) is 16.9. The first-order chi connectivity index (χ1) is 17.7. The molecule has 4 unspecified atom stereocenters. The summed E-state index contributed by atoms with van der Waals surface area (Å²) < 4.78 is 0. The Morgan fingerprint density at radius 1 is 0.579 bits per heavy atom. The van der Waals surface area contributed by atoms with E-state index in [1.54, 1.807) is 0 Å². The second-order valence-electron chi connectivity index (χ2n) is 14.0. The minimum Gasteiger partial charge on any atom is -0.294 e. The predicted octanol–water partition coefficient (Wildman–Crippen LogP) is 8.81. The highest BCUT2D eigenvalue weighted by Gasteiger charge is 2.64. The number of ketones is 2. The van der Waals surface area contributed by atoms with Gasteiger partial charge in [0.25, 0.3) is 0 Å². The number of hydrogen-bond acceptors (Lipinski definition) is 2. The van der Waals surface area contributed by atoms with Crippen LogP contribution in [0.15, 0.2) is 59.7 Å². The molecule has 2 aromatic carbocycles. The van der Waals surface area contributed by atoms with Gasteiger partial charge in [0.1, 0.15) is 0 Å². The first kappa shape index (κ1) is 26.9. The Labute approximate surface area is 229 Å². The molecule has 4 aliphatic rings. The second-order valence-corrected chi connectivity index (χ2v) is 14.0. The molecule has 0 spiro atoms. The van der Waals surface area contributed by atoms with Crippen molar-refractivity contribution in [3.8, 4) is 0 Å². The number of carbonyl (C=O) groups excluding carboxylic acids is 2. The fourth-order valence-corrected chi connectivity index (χ4v) is 7.87. The van der Waals surface area contributed by atoms with Crippen molar-refractivity contribution >= 4 is 23.7 Å². The summed E-state index contributed by atoms with van der Waals surface area (Å²) in [4.78, 5) is 25.4. The highest BCUT2D eigenvalue weighted by molar-refractivity contribution is 6.08. The lowest BCUT2D eigenvalue weighted by Crippen LogP contribution is -2.32. The molecule has 2 heteroatoms. The Morgan fingerprint density at radius 2 is 0.895 bits per heavy atom. The van der Waals surface area contributed by atoms with Crippen LogP contribution in [0, 0.1) is 47.3 Å². The molecule has 4 fully saturated rings. The van der Waals surface area contributed by atoms with Crippen LogP contribution in [0.1, 0.15) is 89.5 Å². The van der Waals surface area contributed by atoms with Crippen LogP contribution in [-0.4, -0.2) is 11.6 Å². The third-order valence-corrected chi connectivity index (χ3v) is 11.5. The van der Waals surface area contributed by atoms with Gasteiger partial charge in [-0.2, -0.15) is 0 Å². The molecule has 0 heterocycles. The number of aryl methyl sites for hydroxylation is 2. The third-order valence-electron chi connectivity index (χ3n) is 11.5. The lowest BCUT2D eigenvalue weighted by Gasteiger charge is -2.31. The number of carbonyl (C=O) groups is 2. The highest BCUT2D eigenvalue weighted by atomic mass is 16.1. The van der Waals surface area contributed by atoms with Crippen LogP contribution >= 0.6 is 0 Å². The van der Waals surface area contributed by atoms with Crippen molar-refractivity contribution in [3.05, 3.63) is 81.9 Å². The Kier molecular flexibility index (Phi) is 6.29. The summed E-state index contributed by atoms with van der Waals surface area (Å²) >= 11 is 0. The molecule has 0 aromatic heterocycles. The monoisotopic (exact) mass is 508 g/mol. The highest BCUT2D eigenvalue weighted by Crippen LogP contribution is 2.66. The molecular weight excluding hydrogens is 464 g/mol. The SMILES string of the molecule is Cc1ccc(C=C2C(=O)C3(C)CCC2C3(C)C)cc1.Cc1ccc(C=C2C(=O)C3(C)CCC2C3(C)C)cc1. The third kappa shape index (κ3) is 3.81. The molecule has 200 valence electrons. The molecule has 6 rings (SSSR count). The lowest BCUT2D eigenvalue weighted by atomic mass is 9.70. The van der Waals surface area contributed by atoms with Crippen molar-refractivity contribution in [2.24, 2.45) is 33.5 Å². The maximum atomic E-state index is 12.7. The Balaban J connectivity index is 0.000000155. The van der Waals surface area contributed by atoms with E-state index in [4.69, 9.17) is 0 Å². The van der Waals surface area contributed by atoms with Crippen molar-refractivity contribution in [1.82, 2.24) is 0 Å². The molecule has 4 atom stereocenters. The zero-order valence-electron chi connectivity index (χ0n) is 24.6. The van der Waals surface area contributed by atoms with Crippen molar-refractivity contribution < 1.29 is 9.59 Å². The maximum absolute atomic E-state index is 12.7. The standard InChI is InChI=1S/2C18H22O/c2*1-12-5-7-13(8-6-12)11-14-15-9-10-18(4,16(14)19)17(15,2)3/h2*5-8,11,15H,9-10H2,1-4H3. The first-order valence-electron chi connectivity index (χ1n) is 14.4. The van der Waals surface area contributed by atoms with Crippen LogP contribution in [0.4, 0.5) is 0 Å². The number of Topliss-reactive ketones (excluding diaryl/α,β-unsaturated/α-hetero) is 2. The molecule has 4 aliphatic carbocycles. The molecule has 0 amide bonds. The van der Waals surface area contributed by atoms with Gasteiger partial charge in [-0.25, -0.2) is 0 Å². The maximum Gasteiger partial charge on any atom is 0.165 e. The number of allylic oxidation sites excluding steroid dienone is 2. The van der Waals surface area contributed by atoms with Crippen LogP contribution < -0.4 is 0 Å². The van der Waals surface area contributed by atoms with Crippen LogP contribution in [-0.2, 0) is 9.59 Å².